The second-order valence-corrected chi connectivity index (χ2v) is 11.9. The zero-order valence-electron chi connectivity index (χ0n) is 24.2. The van der Waals surface area contributed by atoms with Crippen LogP contribution in [0.4, 0.5) is 0 Å². The Kier molecular flexibility index (Phi) is 9.92. The van der Waals surface area contributed by atoms with E-state index in [0.29, 0.717) is 19.3 Å². The number of carbonyl (C=O) groups is 3. The van der Waals surface area contributed by atoms with Gasteiger partial charge in [0.15, 0.2) is 0 Å². The van der Waals surface area contributed by atoms with Gasteiger partial charge in [-0.1, -0.05) is 73.5 Å². The Hall–Kier alpha value is -4.00. The van der Waals surface area contributed by atoms with E-state index in [2.05, 4.69) is 10.3 Å². The molecule has 1 aliphatic carbocycles. The van der Waals surface area contributed by atoms with Gasteiger partial charge in [-0.05, 0) is 63.3 Å². The molecular weight excluding hydrogens is 516 g/mol. The van der Waals surface area contributed by atoms with Crippen molar-refractivity contribution < 1.29 is 23.9 Å². The Morgan fingerprint density at radius 1 is 0.902 bits per heavy atom. The molecule has 4 rings (SSSR count). The number of rotatable bonds is 11. The quantitative estimate of drug-likeness (QED) is 0.289. The summed E-state index contributed by atoms with van der Waals surface area (Å²) in [6.45, 7) is 5.79. The van der Waals surface area contributed by atoms with Crippen molar-refractivity contribution in [2.75, 3.05) is 6.54 Å². The minimum absolute atomic E-state index is 0.0256. The van der Waals surface area contributed by atoms with Crippen LogP contribution in [0.25, 0.3) is 11.3 Å². The first-order valence-electron chi connectivity index (χ1n) is 14.3. The summed E-state index contributed by atoms with van der Waals surface area (Å²) in [4.78, 5) is 43.9. The Morgan fingerprint density at radius 2 is 1.59 bits per heavy atom. The van der Waals surface area contributed by atoms with Crippen molar-refractivity contribution >= 4 is 17.8 Å². The molecule has 1 aliphatic rings. The summed E-state index contributed by atoms with van der Waals surface area (Å²) in [5.74, 6) is -1.54. The van der Waals surface area contributed by atoms with Crippen molar-refractivity contribution in [1.29, 1.82) is 0 Å². The van der Waals surface area contributed by atoms with Gasteiger partial charge in [0, 0.05) is 18.3 Å². The number of hydrogen-bond donors (Lipinski definition) is 1. The zero-order chi connectivity index (χ0) is 29.3. The highest BCUT2D eigenvalue weighted by Gasteiger charge is 2.43. The van der Waals surface area contributed by atoms with Crippen LogP contribution < -0.4 is 5.32 Å². The topological polar surface area (TPSA) is 94.6 Å². The molecule has 216 valence electrons. The van der Waals surface area contributed by atoms with E-state index in [1.165, 1.54) is 0 Å². The minimum Gasteiger partial charge on any atom is -0.461 e. The maximum atomic E-state index is 13.6. The van der Waals surface area contributed by atoms with Gasteiger partial charge < -0.3 is 14.8 Å². The smallest absolute Gasteiger partial charge is 0.311 e. The SMILES string of the molecule is CC(C)(C)OC(=O)C(CNC(=O)C1(CC(=O)OCc2ccccc2)CCCC1)Cc1ccc(-c2ccccn2)cc1. The largest absolute Gasteiger partial charge is 0.461 e. The van der Waals surface area contributed by atoms with Gasteiger partial charge >= 0.3 is 11.9 Å². The number of esters is 2. The Balaban J connectivity index is 1.41. The van der Waals surface area contributed by atoms with E-state index in [-0.39, 0.29) is 37.4 Å². The van der Waals surface area contributed by atoms with Gasteiger partial charge in [0.2, 0.25) is 5.91 Å². The molecule has 2 aromatic carbocycles. The van der Waals surface area contributed by atoms with E-state index >= 15 is 0 Å². The molecule has 0 bridgehead atoms. The first-order valence-corrected chi connectivity index (χ1v) is 14.3. The molecule has 1 N–H and O–H groups in total. The molecule has 3 aromatic rings. The Morgan fingerprint density at radius 3 is 2.22 bits per heavy atom. The van der Waals surface area contributed by atoms with E-state index in [9.17, 15) is 14.4 Å². The summed E-state index contributed by atoms with van der Waals surface area (Å²) in [5, 5.41) is 3.01. The molecule has 0 spiro atoms. The maximum absolute atomic E-state index is 13.6. The van der Waals surface area contributed by atoms with Gasteiger partial charge in [0.1, 0.15) is 12.2 Å². The second-order valence-electron chi connectivity index (χ2n) is 11.9. The van der Waals surface area contributed by atoms with Gasteiger partial charge in [0.25, 0.3) is 0 Å². The summed E-state index contributed by atoms with van der Waals surface area (Å²) < 4.78 is 11.2. The lowest BCUT2D eigenvalue weighted by atomic mass is 9.81. The van der Waals surface area contributed by atoms with Gasteiger partial charge in [0.05, 0.1) is 23.4 Å². The molecule has 1 heterocycles. The second kappa shape index (κ2) is 13.6. The molecule has 0 saturated heterocycles. The van der Waals surface area contributed by atoms with Crippen LogP contribution in [0.5, 0.6) is 0 Å². The van der Waals surface area contributed by atoms with Crippen molar-refractivity contribution in [2.24, 2.45) is 11.3 Å². The van der Waals surface area contributed by atoms with E-state index in [4.69, 9.17) is 9.47 Å². The molecule has 1 unspecified atom stereocenters. The highest BCUT2D eigenvalue weighted by Crippen LogP contribution is 2.42. The number of nitrogens with one attached hydrogen (secondary N) is 1. The lowest BCUT2D eigenvalue weighted by Crippen LogP contribution is -2.45. The molecule has 1 aromatic heterocycles. The molecule has 1 amide bonds. The fourth-order valence-corrected chi connectivity index (χ4v) is 5.26. The predicted octanol–water partition coefficient (Wildman–Crippen LogP) is 6.06. The third-order valence-corrected chi connectivity index (χ3v) is 7.41. The van der Waals surface area contributed by atoms with Gasteiger partial charge in [-0.3, -0.25) is 19.4 Å². The maximum Gasteiger partial charge on any atom is 0.311 e. The van der Waals surface area contributed by atoms with Crippen molar-refractivity contribution in [3.63, 3.8) is 0 Å². The van der Waals surface area contributed by atoms with Crippen molar-refractivity contribution in [1.82, 2.24) is 10.3 Å². The fourth-order valence-electron chi connectivity index (χ4n) is 5.26. The average Bonchev–Trinajstić information content (AvgIpc) is 3.44. The molecule has 41 heavy (non-hydrogen) atoms. The van der Waals surface area contributed by atoms with Crippen LogP contribution in [-0.4, -0.2) is 35.0 Å². The van der Waals surface area contributed by atoms with Crippen LogP contribution >= 0.6 is 0 Å². The number of carbonyl (C=O) groups excluding carboxylic acids is 3. The highest BCUT2D eigenvalue weighted by molar-refractivity contribution is 5.88. The fraction of sp³-hybridized carbons (Fsp3) is 0.412. The number of pyridine rings is 1. The standard InChI is InChI=1S/C34H40N2O5/c1-33(2,3)41-31(38)28(21-25-14-16-27(17-15-25)29-13-7-10-20-35-29)23-36-32(39)34(18-8-9-19-34)22-30(37)40-24-26-11-5-4-6-12-26/h4-7,10-17,20,28H,8-9,18-19,21-24H2,1-3H3,(H,36,39). The van der Waals surface area contributed by atoms with E-state index in [0.717, 1.165) is 35.2 Å². The molecule has 7 nitrogen and oxygen atoms in total. The Labute approximate surface area is 242 Å². The summed E-state index contributed by atoms with van der Waals surface area (Å²) in [6.07, 6.45) is 5.16. The van der Waals surface area contributed by atoms with Crippen LogP contribution in [0.1, 0.15) is 64.0 Å². The third-order valence-electron chi connectivity index (χ3n) is 7.41. The monoisotopic (exact) mass is 556 g/mol. The lowest BCUT2D eigenvalue weighted by Gasteiger charge is -2.29. The molecule has 7 heteroatoms. The minimum atomic E-state index is -0.823. The summed E-state index contributed by atoms with van der Waals surface area (Å²) >= 11 is 0. The highest BCUT2D eigenvalue weighted by atomic mass is 16.6. The van der Waals surface area contributed by atoms with E-state index in [1.807, 2.05) is 93.6 Å². The normalized spacial score (nSPS) is 15.1. The molecule has 0 radical (unpaired) electrons. The molecule has 1 atom stereocenters. The number of aromatic nitrogens is 1. The molecule has 1 saturated carbocycles. The van der Waals surface area contributed by atoms with Crippen LogP contribution in [0.3, 0.4) is 0 Å². The van der Waals surface area contributed by atoms with Crippen molar-refractivity contribution in [3.05, 3.63) is 90.1 Å². The number of amides is 1. The van der Waals surface area contributed by atoms with Gasteiger partial charge in [-0.2, -0.15) is 0 Å². The van der Waals surface area contributed by atoms with Crippen LogP contribution in [-0.2, 0) is 36.9 Å². The first kappa shape index (κ1) is 30.0. The van der Waals surface area contributed by atoms with E-state index < -0.39 is 16.9 Å². The van der Waals surface area contributed by atoms with Crippen LogP contribution in [0.15, 0.2) is 79.0 Å². The molecule has 1 fully saturated rings. The summed E-state index contributed by atoms with van der Waals surface area (Å²) in [6, 6.07) is 23.2. The number of nitrogens with zero attached hydrogens (tertiary/aromatic N) is 1. The predicted molar refractivity (Wildman–Crippen MR) is 157 cm³/mol. The molecular formula is C34H40N2O5. The van der Waals surface area contributed by atoms with Crippen molar-refractivity contribution in [3.8, 4) is 11.3 Å². The lowest BCUT2D eigenvalue weighted by molar-refractivity contribution is -0.160. The third kappa shape index (κ3) is 8.74. The number of benzene rings is 2. The summed E-state index contributed by atoms with van der Waals surface area (Å²) in [7, 11) is 0. The molecule has 0 aliphatic heterocycles. The number of ether oxygens (including phenoxy) is 2. The van der Waals surface area contributed by atoms with E-state index in [1.54, 1.807) is 6.20 Å². The first-order chi connectivity index (χ1) is 19.6. The zero-order valence-corrected chi connectivity index (χ0v) is 24.2. The average molecular weight is 557 g/mol. The van der Waals surface area contributed by atoms with Crippen LogP contribution in [0.2, 0.25) is 0 Å². The summed E-state index contributed by atoms with van der Waals surface area (Å²) in [5.41, 5.74) is 2.24. The van der Waals surface area contributed by atoms with Crippen LogP contribution in [0, 0.1) is 11.3 Å². The number of hydrogen-bond acceptors (Lipinski definition) is 6. The van der Waals surface area contributed by atoms with Crippen molar-refractivity contribution in [2.45, 2.75) is 71.5 Å². The van der Waals surface area contributed by atoms with Gasteiger partial charge in [-0.25, -0.2) is 0 Å². The Bertz CT molecular complexity index is 1290. The van der Waals surface area contributed by atoms with Gasteiger partial charge in [-0.15, -0.1) is 0 Å².